The SMILES string of the molecule is CSc1ccc(N2C(=O)N(Cc3ccccc3Oc3ccccc3)C(C)(C)C2=O)cc1C(F)(F)F. The summed E-state index contributed by atoms with van der Waals surface area (Å²) in [5, 5.41) is 0. The van der Waals surface area contributed by atoms with Crippen LogP contribution in [0.1, 0.15) is 25.0 Å². The highest BCUT2D eigenvalue weighted by Crippen LogP contribution is 2.41. The van der Waals surface area contributed by atoms with Crippen molar-refractivity contribution in [1.29, 1.82) is 0 Å². The number of nitrogens with zero attached hydrogens (tertiary/aromatic N) is 2. The number of benzene rings is 3. The molecule has 9 heteroatoms. The number of thioether (sulfide) groups is 1. The number of halogens is 3. The maximum atomic E-state index is 13.6. The topological polar surface area (TPSA) is 49.9 Å². The lowest BCUT2D eigenvalue weighted by molar-refractivity contribution is -0.139. The third-order valence-corrected chi connectivity index (χ3v) is 6.64. The Kier molecular flexibility index (Phi) is 6.55. The van der Waals surface area contributed by atoms with Gasteiger partial charge in [-0.2, -0.15) is 13.2 Å². The van der Waals surface area contributed by atoms with Gasteiger partial charge >= 0.3 is 12.2 Å². The summed E-state index contributed by atoms with van der Waals surface area (Å²) in [6.07, 6.45) is -3.08. The van der Waals surface area contributed by atoms with Crippen LogP contribution in [0.5, 0.6) is 11.5 Å². The van der Waals surface area contributed by atoms with Crippen LogP contribution < -0.4 is 9.64 Å². The Morgan fingerprint density at radius 3 is 2.26 bits per heavy atom. The van der Waals surface area contributed by atoms with Crippen molar-refractivity contribution in [1.82, 2.24) is 4.90 Å². The summed E-state index contributed by atoms with van der Waals surface area (Å²) in [7, 11) is 0. The first kappa shape index (κ1) is 24.7. The molecule has 4 rings (SSSR count). The van der Waals surface area contributed by atoms with Crippen LogP contribution >= 0.6 is 11.8 Å². The number of anilines is 1. The van der Waals surface area contributed by atoms with Crippen LogP contribution in [0.2, 0.25) is 0 Å². The molecular formula is C26H23F3N2O3S. The number of amides is 3. The van der Waals surface area contributed by atoms with Crippen molar-refractivity contribution in [3.63, 3.8) is 0 Å². The van der Waals surface area contributed by atoms with Crippen molar-refractivity contribution < 1.29 is 27.5 Å². The molecule has 1 fully saturated rings. The van der Waals surface area contributed by atoms with Gasteiger partial charge in [0.2, 0.25) is 0 Å². The molecular weight excluding hydrogens is 477 g/mol. The second-order valence-corrected chi connectivity index (χ2v) is 9.32. The van der Waals surface area contributed by atoms with Crippen LogP contribution in [0.3, 0.4) is 0 Å². The molecule has 3 amide bonds. The summed E-state index contributed by atoms with van der Waals surface area (Å²) in [5.74, 6) is 0.518. The first-order chi connectivity index (χ1) is 16.5. The second-order valence-electron chi connectivity index (χ2n) is 8.47. The molecule has 3 aromatic carbocycles. The lowest BCUT2D eigenvalue weighted by atomic mass is 10.0. The average Bonchev–Trinajstić information content (AvgIpc) is 2.99. The Bertz CT molecular complexity index is 1260. The fourth-order valence-electron chi connectivity index (χ4n) is 3.91. The Morgan fingerprint density at radius 2 is 1.60 bits per heavy atom. The standard InChI is InChI=1S/C26H23F3N2O3S/c1-25(2)23(32)31(18-13-14-22(35-3)20(15-18)26(27,28)29)24(33)30(25)16-17-9-7-8-12-21(17)34-19-10-5-4-6-11-19/h4-15H,16H2,1-3H3. The van der Waals surface area contributed by atoms with Gasteiger partial charge in [0.15, 0.2) is 0 Å². The van der Waals surface area contributed by atoms with Gasteiger partial charge in [0.1, 0.15) is 17.0 Å². The molecule has 35 heavy (non-hydrogen) atoms. The molecule has 0 saturated carbocycles. The monoisotopic (exact) mass is 500 g/mol. The van der Waals surface area contributed by atoms with Gasteiger partial charge in [-0.15, -0.1) is 11.8 Å². The quantitative estimate of drug-likeness (QED) is 0.271. The van der Waals surface area contributed by atoms with Gasteiger partial charge < -0.3 is 9.64 Å². The Balaban J connectivity index is 1.68. The Morgan fingerprint density at radius 1 is 0.943 bits per heavy atom. The molecule has 1 aliphatic heterocycles. The predicted molar refractivity (Wildman–Crippen MR) is 129 cm³/mol. The van der Waals surface area contributed by atoms with Crippen molar-refractivity contribution in [3.8, 4) is 11.5 Å². The van der Waals surface area contributed by atoms with E-state index in [1.54, 1.807) is 50.2 Å². The maximum Gasteiger partial charge on any atom is 0.417 e. The van der Waals surface area contributed by atoms with Gasteiger partial charge in [-0.25, -0.2) is 9.69 Å². The third-order valence-electron chi connectivity index (χ3n) is 5.84. The molecule has 0 aliphatic carbocycles. The van der Waals surface area contributed by atoms with Gasteiger partial charge in [0, 0.05) is 10.5 Å². The van der Waals surface area contributed by atoms with E-state index in [0.717, 1.165) is 22.7 Å². The maximum absolute atomic E-state index is 13.6. The average molecular weight is 501 g/mol. The highest BCUT2D eigenvalue weighted by atomic mass is 32.2. The largest absolute Gasteiger partial charge is 0.457 e. The number of urea groups is 1. The molecule has 182 valence electrons. The van der Waals surface area contributed by atoms with E-state index in [-0.39, 0.29) is 17.1 Å². The number of hydrogen-bond acceptors (Lipinski definition) is 4. The van der Waals surface area contributed by atoms with Crippen molar-refractivity contribution >= 4 is 29.4 Å². The number of ether oxygens (including phenoxy) is 1. The smallest absolute Gasteiger partial charge is 0.417 e. The molecule has 0 N–H and O–H groups in total. The minimum absolute atomic E-state index is 0.0171. The summed E-state index contributed by atoms with van der Waals surface area (Å²) in [6, 6.07) is 19.0. The molecule has 0 bridgehead atoms. The minimum Gasteiger partial charge on any atom is -0.457 e. The zero-order valence-electron chi connectivity index (χ0n) is 19.3. The number of para-hydroxylation sites is 2. The van der Waals surface area contributed by atoms with E-state index in [1.807, 2.05) is 18.2 Å². The van der Waals surface area contributed by atoms with Crippen LogP contribution in [0, 0.1) is 0 Å². The van der Waals surface area contributed by atoms with E-state index in [0.29, 0.717) is 17.1 Å². The van der Waals surface area contributed by atoms with Crippen molar-refractivity contribution in [2.45, 2.75) is 37.0 Å². The molecule has 1 aliphatic rings. The summed E-state index contributed by atoms with van der Waals surface area (Å²) >= 11 is 0.947. The lowest BCUT2D eigenvalue weighted by Crippen LogP contribution is -2.43. The number of hydrogen-bond donors (Lipinski definition) is 0. The van der Waals surface area contributed by atoms with E-state index < -0.39 is 29.2 Å². The van der Waals surface area contributed by atoms with Crippen LogP contribution in [0.15, 0.2) is 77.7 Å². The molecule has 0 aromatic heterocycles. The van der Waals surface area contributed by atoms with Crippen LogP contribution in [-0.4, -0.2) is 28.6 Å². The molecule has 0 unspecified atom stereocenters. The molecule has 1 saturated heterocycles. The molecule has 0 atom stereocenters. The van der Waals surface area contributed by atoms with E-state index in [2.05, 4.69) is 0 Å². The summed E-state index contributed by atoms with van der Waals surface area (Å²) in [4.78, 5) is 28.9. The number of alkyl halides is 3. The first-order valence-corrected chi connectivity index (χ1v) is 12.0. The summed E-state index contributed by atoms with van der Waals surface area (Å²) in [6.45, 7) is 3.19. The fourth-order valence-corrected chi connectivity index (χ4v) is 4.50. The number of imide groups is 1. The highest BCUT2D eigenvalue weighted by molar-refractivity contribution is 7.98. The predicted octanol–water partition coefficient (Wildman–Crippen LogP) is 6.97. The van der Waals surface area contributed by atoms with E-state index in [9.17, 15) is 22.8 Å². The van der Waals surface area contributed by atoms with Crippen molar-refractivity contribution in [2.24, 2.45) is 0 Å². The third kappa shape index (κ3) is 4.73. The van der Waals surface area contributed by atoms with Gasteiger partial charge in [-0.1, -0.05) is 36.4 Å². The van der Waals surface area contributed by atoms with Crippen LogP contribution in [0.25, 0.3) is 0 Å². The number of carbonyl (C=O) groups excluding carboxylic acids is 2. The molecule has 3 aromatic rings. The van der Waals surface area contributed by atoms with Crippen molar-refractivity contribution in [2.75, 3.05) is 11.2 Å². The summed E-state index contributed by atoms with van der Waals surface area (Å²) < 4.78 is 46.8. The zero-order valence-corrected chi connectivity index (χ0v) is 20.1. The van der Waals surface area contributed by atoms with Crippen LogP contribution in [-0.2, 0) is 17.5 Å². The second kappa shape index (κ2) is 9.30. The van der Waals surface area contributed by atoms with Crippen LogP contribution in [0.4, 0.5) is 23.7 Å². The lowest BCUT2D eigenvalue weighted by Gasteiger charge is -2.28. The van der Waals surface area contributed by atoms with Gasteiger partial charge in [-0.3, -0.25) is 4.79 Å². The van der Waals surface area contributed by atoms with Gasteiger partial charge in [-0.05, 0) is 56.5 Å². The molecule has 5 nitrogen and oxygen atoms in total. The molecule has 0 radical (unpaired) electrons. The highest BCUT2D eigenvalue weighted by Gasteiger charge is 2.52. The van der Waals surface area contributed by atoms with Crippen molar-refractivity contribution in [3.05, 3.63) is 83.9 Å². The Labute approximate surface area is 205 Å². The molecule has 1 heterocycles. The fraction of sp³-hybridized carbons (Fsp3) is 0.231. The normalized spacial score (nSPS) is 15.6. The zero-order chi connectivity index (χ0) is 25.4. The van der Waals surface area contributed by atoms with Gasteiger partial charge in [0.05, 0.1) is 17.8 Å². The summed E-state index contributed by atoms with van der Waals surface area (Å²) in [5.41, 5.74) is -1.63. The Hall–Kier alpha value is -3.46. The molecule has 0 spiro atoms. The minimum atomic E-state index is -4.62. The van der Waals surface area contributed by atoms with E-state index in [4.69, 9.17) is 4.74 Å². The number of carbonyl (C=O) groups is 2. The van der Waals surface area contributed by atoms with Gasteiger partial charge in [0.25, 0.3) is 5.91 Å². The van der Waals surface area contributed by atoms with E-state index >= 15 is 0 Å². The number of rotatable bonds is 6. The van der Waals surface area contributed by atoms with E-state index in [1.165, 1.54) is 23.3 Å². The first-order valence-electron chi connectivity index (χ1n) is 10.8.